The fourth-order valence-electron chi connectivity index (χ4n) is 1.87. The van der Waals surface area contributed by atoms with Gasteiger partial charge in [0.15, 0.2) is 11.6 Å². The minimum absolute atomic E-state index is 0.166. The number of ether oxygens (including phenoxy) is 1. The lowest BCUT2D eigenvalue weighted by Gasteiger charge is -2.08. The number of halogens is 1. The van der Waals surface area contributed by atoms with E-state index in [0.717, 1.165) is 12.0 Å². The first-order valence-electron chi connectivity index (χ1n) is 6.83. The molecule has 0 saturated heterocycles. The van der Waals surface area contributed by atoms with Gasteiger partial charge in [-0.2, -0.15) is 0 Å². The fourth-order valence-corrected chi connectivity index (χ4v) is 1.87. The predicted octanol–water partition coefficient (Wildman–Crippen LogP) is 3.31. The zero-order valence-electron chi connectivity index (χ0n) is 11.9. The Morgan fingerprint density at radius 3 is 2.48 bits per heavy atom. The maximum absolute atomic E-state index is 13.7. The van der Waals surface area contributed by atoms with Crippen LogP contribution in [0.15, 0.2) is 42.5 Å². The van der Waals surface area contributed by atoms with Gasteiger partial charge in [-0.3, -0.25) is 0 Å². The zero-order valence-corrected chi connectivity index (χ0v) is 11.9. The molecule has 0 bridgehead atoms. The molecule has 21 heavy (non-hydrogen) atoms. The maximum Gasteiger partial charge on any atom is 0.165 e. The van der Waals surface area contributed by atoms with Crippen LogP contribution in [0.2, 0.25) is 0 Å². The van der Waals surface area contributed by atoms with E-state index in [2.05, 4.69) is 18.8 Å². The predicted molar refractivity (Wildman–Crippen MR) is 80.5 cm³/mol. The largest absolute Gasteiger partial charge is 0.486 e. The lowest BCUT2D eigenvalue weighted by atomic mass is 10.1. The summed E-state index contributed by atoms with van der Waals surface area (Å²) < 4.78 is 19.2. The van der Waals surface area contributed by atoms with Crippen molar-refractivity contribution in [3.05, 3.63) is 65.0 Å². The Balaban J connectivity index is 2.07. The quantitative estimate of drug-likeness (QED) is 0.873. The van der Waals surface area contributed by atoms with Crippen molar-refractivity contribution in [3.8, 4) is 17.6 Å². The highest BCUT2D eigenvalue weighted by Gasteiger charge is 2.04. The molecule has 0 aromatic heterocycles. The number of hydrogen-bond donors (Lipinski definition) is 1. The summed E-state index contributed by atoms with van der Waals surface area (Å²) in [6.45, 7) is 2.18. The number of aryl methyl sites for hydroxylation is 1. The molecule has 108 valence electrons. The van der Waals surface area contributed by atoms with Gasteiger partial charge < -0.3 is 9.84 Å². The number of aliphatic hydroxyl groups excluding tert-OH is 1. The summed E-state index contributed by atoms with van der Waals surface area (Å²) in [5.41, 5.74) is 2.85. The number of aliphatic hydroxyl groups is 1. The van der Waals surface area contributed by atoms with Gasteiger partial charge in [-0.15, -0.1) is 0 Å². The Labute approximate surface area is 124 Å². The van der Waals surface area contributed by atoms with E-state index in [9.17, 15) is 4.39 Å². The van der Waals surface area contributed by atoms with E-state index in [1.54, 1.807) is 12.1 Å². The summed E-state index contributed by atoms with van der Waals surface area (Å²) in [7, 11) is 0. The van der Waals surface area contributed by atoms with Gasteiger partial charge in [0.05, 0.1) is 0 Å². The lowest BCUT2D eigenvalue weighted by Crippen LogP contribution is -1.98. The van der Waals surface area contributed by atoms with Crippen LogP contribution < -0.4 is 4.74 Å². The number of hydrogen-bond acceptors (Lipinski definition) is 2. The summed E-state index contributed by atoms with van der Waals surface area (Å²) in [6, 6.07) is 12.4. The Morgan fingerprint density at radius 2 is 1.81 bits per heavy atom. The van der Waals surface area contributed by atoms with Crippen LogP contribution in [-0.2, 0) is 13.0 Å². The van der Waals surface area contributed by atoms with Crippen molar-refractivity contribution in [3.63, 3.8) is 0 Å². The summed E-state index contributed by atoms with van der Waals surface area (Å²) in [5.74, 6) is 5.00. The molecule has 0 saturated carbocycles. The smallest absolute Gasteiger partial charge is 0.165 e. The van der Waals surface area contributed by atoms with Crippen molar-refractivity contribution < 1.29 is 14.2 Å². The van der Waals surface area contributed by atoms with Crippen LogP contribution in [0.1, 0.15) is 23.6 Å². The summed E-state index contributed by atoms with van der Waals surface area (Å²) in [4.78, 5) is 0. The van der Waals surface area contributed by atoms with Gasteiger partial charge in [0.1, 0.15) is 13.2 Å². The van der Waals surface area contributed by atoms with Gasteiger partial charge in [-0.1, -0.05) is 43.0 Å². The molecule has 0 amide bonds. The van der Waals surface area contributed by atoms with Gasteiger partial charge in [-0.25, -0.2) is 4.39 Å². The van der Waals surface area contributed by atoms with Crippen LogP contribution in [-0.4, -0.2) is 11.7 Å². The molecule has 3 heteroatoms. The highest BCUT2D eigenvalue weighted by Crippen LogP contribution is 2.20. The van der Waals surface area contributed by atoms with Crippen molar-refractivity contribution in [1.82, 2.24) is 0 Å². The second-order valence-corrected chi connectivity index (χ2v) is 4.56. The first-order chi connectivity index (χ1) is 10.2. The highest BCUT2D eigenvalue weighted by atomic mass is 19.1. The van der Waals surface area contributed by atoms with Crippen molar-refractivity contribution in [2.75, 3.05) is 6.61 Å². The molecular formula is C18H17FO2. The first-order valence-corrected chi connectivity index (χ1v) is 6.83. The van der Waals surface area contributed by atoms with Crippen LogP contribution in [0.4, 0.5) is 4.39 Å². The second kappa shape index (κ2) is 7.47. The van der Waals surface area contributed by atoms with Crippen LogP contribution in [0.5, 0.6) is 5.75 Å². The Hall–Kier alpha value is -2.31. The summed E-state index contributed by atoms with van der Waals surface area (Å²) in [6.07, 6.45) is 0.987. The Bertz CT molecular complexity index is 651. The molecule has 2 aromatic carbocycles. The van der Waals surface area contributed by atoms with Gasteiger partial charge in [0, 0.05) is 5.56 Å². The third-order valence-corrected chi connectivity index (χ3v) is 3.07. The molecule has 0 spiro atoms. The van der Waals surface area contributed by atoms with Crippen molar-refractivity contribution in [2.45, 2.75) is 20.0 Å². The molecule has 2 rings (SSSR count). The molecular weight excluding hydrogens is 267 g/mol. The van der Waals surface area contributed by atoms with E-state index in [0.29, 0.717) is 12.2 Å². The molecule has 0 heterocycles. The minimum Gasteiger partial charge on any atom is -0.486 e. The highest BCUT2D eigenvalue weighted by molar-refractivity contribution is 5.40. The minimum atomic E-state index is -0.422. The van der Waals surface area contributed by atoms with Crippen LogP contribution in [0.25, 0.3) is 0 Å². The van der Waals surface area contributed by atoms with Crippen molar-refractivity contribution in [1.29, 1.82) is 0 Å². The Kier molecular flexibility index (Phi) is 5.36. The first kappa shape index (κ1) is 15.1. The molecule has 0 radical (unpaired) electrons. The van der Waals surface area contributed by atoms with Crippen molar-refractivity contribution >= 4 is 0 Å². The standard InChI is InChI=1S/C18H17FO2/c1-2-14-5-7-16(8-6-14)13-21-18-12-15(4-3-11-20)9-10-17(18)19/h5-10,12,20H,2,11,13H2,1H3. The van der Waals surface area contributed by atoms with E-state index in [-0.39, 0.29) is 12.4 Å². The topological polar surface area (TPSA) is 29.5 Å². The van der Waals surface area contributed by atoms with E-state index in [1.165, 1.54) is 11.6 Å². The lowest BCUT2D eigenvalue weighted by molar-refractivity contribution is 0.290. The van der Waals surface area contributed by atoms with Gasteiger partial charge in [0.25, 0.3) is 0 Å². The van der Waals surface area contributed by atoms with Gasteiger partial charge in [-0.05, 0) is 35.7 Å². The molecule has 1 N–H and O–H groups in total. The average molecular weight is 284 g/mol. The number of benzene rings is 2. The number of rotatable bonds is 4. The monoisotopic (exact) mass is 284 g/mol. The van der Waals surface area contributed by atoms with Crippen LogP contribution in [0, 0.1) is 17.7 Å². The van der Waals surface area contributed by atoms with Crippen molar-refractivity contribution in [2.24, 2.45) is 0 Å². The van der Waals surface area contributed by atoms with Gasteiger partial charge in [0.2, 0.25) is 0 Å². The second-order valence-electron chi connectivity index (χ2n) is 4.56. The maximum atomic E-state index is 13.7. The average Bonchev–Trinajstić information content (AvgIpc) is 2.53. The van der Waals surface area contributed by atoms with Gasteiger partial charge >= 0.3 is 0 Å². The molecule has 0 fully saturated rings. The third kappa shape index (κ3) is 4.34. The summed E-state index contributed by atoms with van der Waals surface area (Å²) in [5, 5.41) is 8.67. The molecule has 0 aliphatic carbocycles. The SMILES string of the molecule is CCc1ccc(COc2cc(C#CCO)ccc2F)cc1. The van der Waals surface area contributed by atoms with Crippen LogP contribution >= 0.6 is 0 Å². The molecule has 0 aliphatic heterocycles. The normalized spacial score (nSPS) is 9.86. The van der Waals surface area contributed by atoms with E-state index in [4.69, 9.17) is 9.84 Å². The fraction of sp³-hybridized carbons (Fsp3) is 0.222. The van der Waals surface area contributed by atoms with Crippen LogP contribution in [0.3, 0.4) is 0 Å². The molecule has 0 unspecified atom stereocenters. The summed E-state index contributed by atoms with van der Waals surface area (Å²) >= 11 is 0. The van der Waals surface area contributed by atoms with E-state index in [1.807, 2.05) is 24.3 Å². The Morgan fingerprint density at radius 1 is 1.10 bits per heavy atom. The molecule has 0 aliphatic rings. The molecule has 0 atom stereocenters. The van der Waals surface area contributed by atoms with E-state index >= 15 is 0 Å². The molecule has 2 aromatic rings. The third-order valence-electron chi connectivity index (χ3n) is 3.07. The molecule has 2 nitrogen and oxygen atoms in total. The zero-order chi connectivity index (χ0) is 15.1. The van der Waals surface area contributed by atoms with E-state index < -0.39 is 5.82 Å².